The van der Waals surface area contributed by atoms with Gasteiger partial charge in [0.15, 0.2) is 0 Å². The van der Waals surface area contributed by atoms with Gasteiger partial charge in [0.1, 0.15) is 5.82 Å². The van der Waals surface area contributed by atoms with Gasteiger partial charge in [-0.15, -0.1) is 0 Å². The van der Waals surface area contributed by atoms with Gasteiger partial charge in [0.2, 0.25) is 0 Å². The number of benzene rings is 1. The van der Waals surface area contributed by atoms with Crippen molar-refractivity contribution in [2.75, 3.05) is 0 Å². The number of imidazole rings is 1. The number of nitrogens with one attached hydrogen (secondary N) is 1. The minimum absolute atomic E-state index is 0.560. The lowest BCUT2D eigenvalue weighted by Crippen LogP contribution is -1.95. The van der Waals surface area contributed by atoms with Crippen molar-refractivity contribution in [3.63, 3.8) is 0 Å². The van der Waals surface area contributed by atoms with Gasteiger partial charge in [0.25, 0.3) is 0 Å². The van der Waals surface area contributed by atoms with Crippen LogP contribution in [0.3, 0.4) is 0 Å². The molecule has 4 nitrogen and oxygen atoms in total. The summed E-state index contributed by atoms with van der Waals surface area (Å²) in [4.78, 5) is 11.8. The van der Waals surface area contributed by atoms with Gasteiger partial charge in [-0.25, -0.2) is 4.98 Å². The molecule has 3 N–H and O–H groups in total. The fourth-order valence-electron chi connectivity index (χ4n) is 1.79. The minimum atomic E-state index is 0.560. The van der Waals surface area contributed by atoms with E-state index in [0.29, 0.717) is 6.54 Å². The second-order valence-electron chi connectivity index (χ2n) is 3.88. The maximum Gasteiger partial charge on any atom is 0.138 e. The van der Waals surface area contributed by atoms with Gasteiger partial charge in [-0.1, -0.05) is 24.3 Å². The number of aromatic nitrogens is 3. The molecule has 2 heterocycles. The largest absolute Gasteiger partial charge is 0.337 e. The molecule has 2 aromatic heterocycles. The number of hydrogen-bond acceptors (Lipinski definition) is 3. The minimum Gasteiger partial charge on any atom is -0.337 e. The molecule has 4 heteroatoms. The van der Waals surface area contributed by atoms with Gasteiger partial charge < -0.3 is 10.7 Å². The second kappa shape index (κ2) is 3.99. The van der Waals surface area contributed by atoms with Gasteiger partial charge in [-0.05, 0) is 11.6 Å². The van der Waals surface area contributed by atoms with Crippen molar-refractivity contribution >= 4 is 11.0 Å². The zero-order valence-electron chi connectivity index (χ0n) is 9.22. The molecule has 17 heavy (non-hydrogen) atoms. The smallest absolute Gasteiger partial charge is 0.138 e. The zero-order chi connectivity index (χ0) is 11.7. The molecule has 0 aliphatic heterocycles. The van der Waals surface area contributed by atoms with Crippen LogP contribution in [-0.4, -0.2) is 15.0 Å². The zero-order valence-corrected chi connectivity index (χ0v) is 9.22. The van der Waals surface area contributed by atoms with E-state index in [2.05, 4.69) is 15.0 Å². The molecule has 0 amide bonds. The standard InChI is InChI=1S/C13H12N4/c14-7-9-1-3-10(4-2-9)13-16-11-5-6-15-8-12(11)17-13/h1-6,8H,7,14H2,(H,16,17). The van der Waals surface area contributed by atoms with Gasteiger partial charge in [-0.2, -0.15) is 0 Å². The molecule has 0 atom stereocenters. The number of hydrogen-bond donors (Lipinski definition) is 2. The molecule has 0 spiro atoms. The van der Waals surface area contributed by atoms with Crippen molar-refractivity contribution in [2.24, 2.45) is 5.73 Å². The highest BCUT2D eigenvalue weighted by Gasteiger charge is 2.04. The number of fused-ring (bicyclic) bond motifs is 1. The molecule has 0 saturated carbocycles. The molecule has 3 aromatic rings. The Kier molecular flexibility index (Phi) is 2.34. The topological polar surface area (TPSA) is 67.6 Å². The third-order valence-electron chi connectivity index (χ3n) is 2.75. The Balaban J connectivity index is 2.07. The van der Waals surface area contributed by atoms with Crippen molar-refractivity contribution in [3.05, 3.63) is 48.3 Å². The molecule has 0 unspecified atom stereocenters. The lowest BCUT2D eigenvalue weighted by atomic mass is 10.1. The Morgan fingerprint density at radius 2 is 1.94 bits per heavy atom. The van der Waals surface area contributed by atoms with Crippen LogP contribution in [0.1, 0.15) is 5.56 Å². The van der Waals surface area contributed by atoms with Crippen molar-refractivity contribution in [2.45, 2.75) is 6.54 Å². The number of aromatic amines is 1. The van der Waals surface area contributed by atoms with E-state index in [0.717, 1.165) is 28.0 Å². The monoisotopic (exact) mass is 224 g/mol. The third kappa shape index (κ3) is 1.79. The molecule has 0 saturated heterocycles. The van der Waals surface area contributed by atoms with Crippen LogP contribution >= 0.6 is 0 Å². The van der Waals surface area contributed by atoms with Crippen LogP contribution in [-0.2, 0) is 6.54 Å². The highest BCUT2D eigenvalue weighted by Crippen LogP contribution is 2.19. The summed E-state index contributed by atoms with van der Waals surface area (Å²) in [5.74, 6) is 0.858. The number of rotatable bonds is 2. The van der Waals surface area contributed by atoms with E-state index in [4.69, 9.17) is 5.73 Å². The lowest BCUT2D eigenvalue weighted by Gasteiger charge is -1.98. The summed E-state index contributed by atoms with van der Waals surface area (Å²) in [5, 5.41) is 0. The summed E-state index contributed by atoms with van der Waals surface area (Å²) in [6, 6.07) is 9.96. The molecule has 0 aliphatic rings. The highest BCUT2D eigenvalue weighted by atomic mass is 14.9. The Hall–Kier alpha value is -2.20. The van der Waals surface area contributed by atoms with Crippen molar-refractivity contribution in [3.8, 4) is 11.4 Å². The number of pyridine rings is 1. The molecule has 1 aromatic carbocycles. The van der Waals surface area contributed by atoms with E-state index in [1.165, 1.54) is 0 Å². The molecule has 84 valence electrons. The summed E-state index contributed by atoms with van der Waals surface area (Å²) in [5.41, 5.74) is 9.62. The van der Waals surface area contributed by atoms with E-state index in [1.54, 1.807) is 12.4 Å². The van der Waals surface area contributed by atoms with E-state index < -0.39 is 0 Å². The fourth-order valence-corrected chi connectivity index (χ4v) is 1.79. The lowest BCUT2D eigenvalue weighted by molar-refractivity contribution is 1.07. The van der Waals surface area contributed by atoms with Crippen LogP contribution in [0.4, 0.5) is 0 Å². The predicted molar refractivity (Wildman–Crippen MR) is 67.2 cm³/mol. The number of H-pyrrole nitrogens is 1. The summed E-state index contributed by atoms with van der Waals surface area (Å²) in [7, 11) is 0. The number of nitrogens with two attached hydrogens (primary N) is 1. The van der Waals surface area contributed by atoms with Crippen molar-refractivity contribution < 1.29 is 0 Å². The van der Waals surface area contributed by atoms with E-state index in [-0.39, 0.29) is 0 Å². The van der Waals surface area contributed by atoms with Crippen molar-refractivity contribution in [1.29, 1.82) is 0 Å². The first-order chi connectivity index (χ1) is 8.36. The summed E-state index contributed by atoms with van der Waals surface area (Å²) in [6.45, 7) is 0.560. The SMILES string of the molecule is NCc1ccc(-c2nc3ccncc3[nH]2)cc1. The van der Waals surface area contributed by atoms with Crippen LogP contribution < -0.4 is 5.73 Å². The summed E-state index contributed by atoms with van der Waals surface area (Å²) < 4.78 is 0. The van der Waals surface area contributed by atoms with Crippen LogP contribution in [0.15, 0.2) is 42.7 Å². The molecular formula is C13H12N4. The van der Waals surface area contributed by atoms with Gasteiger partial charge >= 0.3 is 0 Å². The van der Waals surface area contributed by atoms with E-state index in [1.807, 2.05) is 30.3 Å². The summed E-state index contributed by atoms with van der Waals surface area (Å²) >= 11 is 0. The van der Waals surface area contributed by atoms with Gasteiger partial charge in [0.05, 0.1) is 17.2 Å². The van der Waals surface area contributed by atoms with Crippen LogP contribution in [0.25, 0.3) is 22.4 Å². The molecule has 0 bridgehead atoms. The van der Waals surface area contributed by atoms with E-state index >= 15 is 0 Å². The Morgan fingerprint density at radius 1 is 1.12 bits per heavy atom. The molecule has 3 rings (SSSR count). The van der Waals surface area contributed by atoms with E-state index in [9.17, 15) is 0 Å². The molecular weight excluding hydrogens is 212 g/mol. The predicted octanol–water partition coefficient (Wildman–Crippen LogP) is 2.08. The first-order valence-electron chi connectivity index (χ1n) is 5.46. The van der Waals surface area contributed by atoms with Crippen LogP contribution in [0.2, 0.25) is 0 Å². The maximum atomic E-state index is 5.57. The molecule has 0 aliphatic carbocycles. The van der Waals surface area contributed by atoms with Gasteiger partial charge in [-0.3, -0.25) is 4.98 Å². The maximum absolute atomic E-state index is 5.57. The first-order valence-corrected chi connectivity index (χ1v) is 5.46. The third-order valence-corrected chi connectivity index (χ3v) is 2.75. The Bertz CT molecular complexity index is 607. The second-order valence-corrected chi connectivity index (χ2v) is 3.88. The average molecular weight is 224 g/mol. The average Bonchev–Trinajstić information content (AvgIpc) is 2.82. The van der Waals surface area contributed by atoms with Crippen LogP contribution in [0, 0.1) is 0 Å². The quantitative estimate of drug-likeness (QED) is 0.700. The van der Waals surface area contributed by atoms with Crippen molar-refractivity contribution in [1.82, 2.24) is 15.0 Å². The highest BCUT2D eigenvalue weighted by molar-refractivity contribution is 5.78. The normalized spacial score (nSPS) is 10.9. The fraction of sp³-hybridized carbons (Fsp3) is 0.0769. The molecule has 0 radical (unpaired) electrons. The first kappa shape index (κ1) is 9.99. The Morgan fingerprint density at radius 3 is 2.65 bits per heavy atom. The van der Waals surface area contributed by atoms with Crippen LogP contribution in [0.5, 0.6) is 0 Å². The molecule has 0 fully saturated rings. The van der Waals surface area contributed by atoms with Gasteiger partial charge in [0, 0.05) is 18.3 Å². The summed E-state index contributed by atoms with van der Waals surface area (Å²) in [6.07, 6.45) is 3.52. The Labute approximate surface area is 98.5 Å². The number of nitrogens with zero attached hydrogens (tertiary/aromatic N) is 2.